The molecule has 0 aromatic heterocycles. The van der Waals surface area contributed by atoms with E-state index in [1.165, 1.54) is 16.0 Å². The maximum Gasteiger partial charge on any atom is 0.130 e. The molecule has 0 unspecified atom stereocenters. The Hall–Kier alpha value is -3.40. The lowest BCUT2D eigenvalue weighted by Gasteiger charge is -2.32. The lowest BCUT2D eigenvalue weighted by atomic mass is 9.92. The lowest BCUT2D eigenvalue weighted by molar-refractivity contribution is 0.123. The molecule has 0 bridgehead atoms. The lowest BCUT2D eigenvalue weighted by Crippen LogP contribution is -2.36. The minimum atomic E-state index is 0.486. The summed E-state index contributed by atoms with van der Waals surface area (Å²) in [5.74, 6) is 2.38. The number of methoxy groups -OCH3 is 2. The zero-order valence-corrected chi connectivity index (χ0v) is 27.5. The van der Waals surface area contributed by atoms with Crippen LogP contribution in [0.15, 0.2) is 95.9 Å². The van der Waals surface area contributed by atoms with Crippen molar-refractivity contribution in [3.63, 3.8) is 0 Å². The van der Waals surface area contributed by atoms with Crippen molar-refractivity contribution in [3.8, 4) is 39.5 Å². The number of fused-ring (bicyclic) bond motifs is 1. The number of nitrogens with zero attached hydrogens (tertiary/aromatic N) is 1. The van der Waals surface area contributed by atoms with Crippen LogP contribution in [0.3, 0.4) is 0 Å². The Labute approximate surface area is 271 Å². The summed E-state index contributed by atoms with van der Waals surface area (Å²) >= 11 is 4.22. The van der Waals surface area contributed by atoms with Crippen molar-refractivity contribution >= 4 is 50.8 Å². The highest BCUT2D eigenvalue weighted by Crippen LogP contribution is 2.46. The summed E-state index contributed by atoms with van der Waals surface area (Å²) in [6, 6.07) is 32.0. The van der Waals surface area contributed by atoms with Crippen molar-refractivity contribution < 1.29 is 18.9 Å². The first-order valence-corrected chi connectivity index (χ1v) is 16.6. The number of rotatable bonds is 9. The van der Waals surface area contributed by atoms with Gasteiger partial charge >= 0.3 is 0 Å². The molecule has 6 rings (SSSR count). The van der Waals surface area contributed by atoms with E-state index in [0.29, 0.717) is 19.8 Å². The molecule has 7 heteroatoms. The molecule has 0 spiro atoms. The van der Waals surface area contributed by atoms with Crippen LogP contribution in [0.5, 0.6) is 17.2 Å². The largest absolute Gasteiger partial charge is 0.497 e. The van der Waals surface area contributed by atoms with Crippen molar-refractivity contribution in [2.45, 2.75) is 11.5 Å². The third-order valence-electron chi connectivity index (χ3n) is 7.83. The van der Waals surface area contributed by atoms with Crippen LogP contribution in [-0.4, -0.2) is 46.8 Å². The number of benzene rings is 5. The highest BCUT2D eigenvalue weighted by Gasteiger charge is 2.23. The fraction of sp³-hybridized carbons (Fsp3) is 0.222. The summed E-state index contributed by atoms with van der Waals surface area (Å²) in [6.45, 7) is 3.50. The van der Waals surface area contributed by atoms with Gasteiger partial charge in [-0.05, 0) is 87.8 Å². The van der Waals surface area contributed by atoms with Crippen molar-refractivity contribution in [3.05, 3.63) is 100 Å². The molecule has 1 fully saturated rings. The number of anilines is 1. The highest BCUT2D eigenvalue weighted by molar-refractivity contribution is 14.1. The summed E-state index contributed by atoms with van der Waals surface area (Å²) < 4.78 is 24.9. The van der Waals surface area contributed by atoms with E-state index in [1.54, 1.807) is 26.0 Å². The van der Waals surface area contributed by atoms with E-state index in [1.807, 2.05) is 30.3 Å². The second kappa shape index (κ2) is 13.5. The van der Waals surface area contributed by atoms with Gasteiger partial charge in [0.1, 0.15) is 23.9 Å². The van der Waals surface area contributed by atoms with Gasteiger partial charge in [-0.3, -0.25) is 0 Å². The summed E-state index contributed by atoms with van der Waals surface area (Å²) in [6.07, 6.45) is 2.11. The van der Waals surface area contributed by atoms with Gasteiger partial charge in [0.05, 0.1) is 27.4 Å². The Morgan fingerprint density at radius 3 is 2.26 bits per heavy atom. The Bertz CT molecular complexity index is 1720. The van der Waals surface area contributed by atoms with Crippen molar-refractivity contribution in [1.82, 2.24) is 0 Å². The van der Waals surface area contributed by atoms with E-state index >= 15 is 0 Å². The number of morpholine rings is 1. The molecule has 5 aromatic rings. The molecule has 0 N–H and O–H groups in total. The Kier molecular flexibility index (Phi) is 9.31. The van der Waals surface area contributed by atoms with Crippen LogP contribution in [0.2, 0.25) is 0 Å². The molecular weight excluding hydrogens is 669 g/mol. The Morgan fingerprint density at radius 2 is 1.56 bits per heavy atom. The van der Waals surface area contributed by atoms with Crippen LogP contribution in [0, 0.1) is 3.57 Å². The summed E-state index contributed by atoms with van der Waals surface area (Å²) in [5, 5.41) is 2.22. The topological polar surface area (TPSA) is 40.2 Å². The number of hydrogen-bond acceptors (Lipinski definition) is 6. The van der Waals surface area contributed by atoms with Crippen LogP contribution in [0.4, 0.5) is 5.69 Å². The van der Waals surface area contributed by atoms with Gasteiger partial charge in [0.25, 0.3) is 0 Å². The van der Waals surface area contributed by atoms with Crippen molar-refractivity contribution in [1.29, 1.82) is 0 Å². The van der Waals surface area contributed by atoms with E-state index < -0.39 is 0 Å². The SMILES string of the molecule is COc1ccc(-c2cc3c(OCc4ccccc4)cc(I)c(-c4ccc(SC)cc4)c3cc2N2CCOCC2)c(OC)c1. The fourth-order valence-corrected chi connectivity index (χ4v) is 6.89. The maximum atomic E-state index is 6.59. The first-order valence-electron chi connectivity index (χ1n) is 14.3. The van der Waals surface area contributed by atoms with Gasteiger partial charge in [-0.25, -0.2) is 0 Å². The first kappa shape index (κ1) is 29.7. The molecule has 1 saturated heterocycles. The molecular formula is C36H34INO4S. The van der Waals surface area contributed by atoms with Gasteiger partial charge in [-0.1, -0.05) is 42.5 Å². The summed E-state index contributed by atoms with van der Waals surface area (Å²) in [5.41, 5.74) is 6.76. The van der Waals surface area contributed by atoms with Crippen LogP contribution in [0.25, 0.3) is 33.0 Å². The maximum absolute atomic E-state index is 6.59. The van der Waals surface area contributed by atoms with Crippen LogP contribution in [-0.2, 0) is 11.3 Å². The van der Waals surface area contributed by atoms with Crippen molar-refractivity contribution in [2.75, 3.05) is 51.7 Å². The third-order valence-corrected chi connectivity index (χ3v) is 9.43. The smallest absolute Gasteiger partial charge is 0.130 e. The number of halogens is 1. The molecule has 1 heterocycles. The van der Waals surface area contributed by atoms with Crippen LogP contribution in [0.1, 0.15) is 5.56 Å². The van der Waals surface area contributed by atoms with Gasteiger partial charge in [0.15, 0.2) is 0 Å². The van der Waals surface area contributed by atoms with E-state index in [0.717, 1.165) is 67.1 Å². The monoisotopic (exact) mass is 703 g/mol. The molecule has 43 heavy (non-hydrogen) atoms. The predicted octanol–water partition coefficient (Wildman–Crippen LogP) is 8.93. The predicted molar refractivity (Wildman–Crippen MR) is 186 cm³/mol. The Morgan fingerprint density at radius 1 is 0.791 bits per heavy atom. The van der Waals surface area contributed by atoms with Crippen LogP contribution >= 0.6 is 34.4 Å². The number of hydrogen-bond donors (Lipinski definition) is 0. The second-order valence-electron chi connectivity index (χ2n) is 10.3. The summed E-state index contributed by atoms with van der Waals surface area (Å²) in [7, 11) is 3.38. The molecule has 0 atom stereocenters. The highest BCUT2D eigenvalue weighted by atomic mass is 127. The zero-order valence-electron chi connectivity index (χ0n) is 24.6. The number of thioether (sulfide) groups is 1. The molecule has 5 nitrogen and oxygen atoms in total. The van der Waals surface area contributed by atoms with Crippen molar-refractivity contribution in [2.24, 2.45) is 0 Å². The standard InChI is InChI=1S/C36H34INO4S/c1-39-26-11-14-28(34(19-26)40-2)29-20-30-31(21-33(29)38-15-17-41-18-16-38)36(25-9-12-27(43-3)13-10-25)32(37)22-35(30)42-23-24-7-5-4-6-8-24/h4-14,19-22H,15-18,23H2,1-3H3. The molecule has 1 aliphatic rings. The normalized spacial score (nSPS) is 13.3. The molecule has 220 valence electrons. The molecule has 0 aliphatic carbocycles. The zero-order chi connectivity index (χ0) is 29.8. The van der Waals surface area contributed by atoms with Gasteiger partial charge in [-0.15, -0.1) is 11.8 Å². The van der Waals surface area contributed by atoms with Crippen LogP contribution < -0.4 is 19.1 Å². The van der Waals surface area contributed by atoms with Gasteiger partial charge in [0.2, 0.25) is 0 Å². The molecule has 1 aliphatic heterocycles. The second-order valence-corrected chi connectivity index (χ2v) is 12.4. The minimum absolute atomic E-state index is 0.486. The average molecular weight is 704 g/mol. The quantitative estimate of drug-likeness (QED) is 0.113. The molecule has 5 aromatic carbocycles. The minimum Gasteiger partial charge on any atom is -0.497 e. The van der Waals surface area contributed by atoms with E-state index in [4.69, 9.17) is 18.9 Å². The average Bonchev–Trinajstić information content (AvgIpc) is 3.07. The van der Waals surface area contributed by atoms with Gasteiger partial charge < -0.3 is 23.8 Å². The molecule has 0 radical (unpaired) electrons. The molecule has 0 saturated carbocycles. The fourth-order valence-electron chi connectivity index (χ4n) is 5.60. The molecule has 0 amide bonds. The van der Waals surface area contributed by atoms with E-state index in [2.05, 4.69) is 94.4 Å². The number of ether oxygens (including phenoxy) is 4. The van der Waals surface area contributed by atoms with Gasteiger partial charge in [0, 0.05) is 55.4 Å². The van der Waals surface area contributed by atoms with E-state index in [9.17, 15) is 0 Å². The first-order chi connectivity index (χ1) is 21.1. The third kappa shape index (κ3) is 6.30. The van der Waals surface area contributed by atoms with E-state index in [-0.39, 0.29) is 0 Å². The summed E-state index contributed by atoms with van der Waals surface area (Å²) in [4.78, 5) is 3.67. The Balaban J connectivity index is 1.61. The van der Waals surface area contributed by atoms with Gasteiger partial charge in [-0.2, -0.15) is 0 Å².